The first-order chi connectivity index (χ1) is 8.69. The summed E-state index contributed by atoms with van der Waals surface area (Å²) in [6, 6.07) is 12.5. The smallest absolute Gasteiger partial charge is 0.118 e. The quantitative estimate of drug-likeness (QED) is 0.879. The van der Waals surface area contributed by atoms with Gasteiger partial charge in [0.05, 0.1) is 6.54 Å². The molecule has 0 unspecified atom stereocenters. The number of furan rings is 1. The van der Waals surface area contributed by atoms with Gasteiger partial charge in [-0.2, -0.15) is 0 Å². The fourth-order valence-corrected chi connectivity index (χ4v) is 2.09. The summed E-state index contributed by atoms with van der Waals surface area (Å²) in [6.45, 7) is 4.22. The Kier molecular flexibility index (Phi) is 4.18. The zero-order chi connectivity index (χ0) is 13.0. The van der Waals surface area contributed by atoms with Crippen LogP contribution in [0.1, 0.15) is 22.6 Å². The highest BCUT2D eigenvalue weighted by Gasteiger charge is 2.08. The Bertz CT molecular complexity index is 490. The van der Waals surface area contributed by atoms with Crippen LogP contribution in [-0.2, 0) is 19.6 Å². The van der Waals surface area contributed by atoms with Crippen LogP contribution in [-0.4, -0.2) is 11.9 Å². The lowest BCUT2D eigenvalue weighted by atomic mass is 10.2. The van der Waals surface area contributed by atoms with Crippen LogP contribution in [0.25, 0.3) is 0 Å². The predicted molar refractivity (Wildman–Crippen MR) is 72.9 cm³/mol. The molecule has 0 radical (unpaired) electrons. The summed E-state index contributed by atoms with van der Waals surface area (Å²) in [5.41, 5.74) is 8.05. The number of benzene rings is 1. The molecule has 2 aromatic rings. The monoisotopic (exact) mass is 244 g/mol. The van der Waals surface area contributed by atoms with E-state index in [-0.39, 0.29) is 0 Å². The standard InChI is InChI=1S/C15H20N2O/c1-12-14(9-16)8-15(18-12)11-17(2)10-13-6-4-3-5-7-13/h3-8H,9-11,16H2,1-2H3. The normalized spacial score (nSPS) is 11.1. The van der Waals surface area contributed by atoms with Gasteiger partial charge in [0.1, 0.15) is 11.5 Å². The lowest BCUT2D eigenvalue weighted by molar-refractivity contribution is 0.285. The van der Waals surface area contributed by atoms with Gasteiger partial charge in [-0.1, -0.05) is 30.3 Å². The molecule has 0 bridgehead atoms. The Morgan fingerprint density at radius 3 is 2.50 bits per heavy atom. The summed E-state index contributed by atoms with van der Waals surface area (Å²) >= 11 is 0. The van der Waals surface area contributed by atoms with Gasteiger partial charge in [-0.25, -0.2) is 0 Å². The fraction of sp³-hybridized carbons (Fsp3) is 0.333. The minimum atomic E-state index is 0.539. The average Bonchev–Trinajstić information content (AvgIpc) is 2.70. The first-order valence-corrected chi connectivity index (χ1v) is 6.19. The van der Waals surface area contributed by atoms with E-state index in [1.165, 1.54) is 5.56 Å². The van der Waals surface area contributed by atoms with Crippen molar-refractivity contribution in [1.82, 2.24) is 4.90 Å². The molecule has 0 atom stereocenters. The SMILES string of the molecule is Cc1oc(CN(C)Cc2ccccc2)cc1CN. The van der Waals surface area contributed by atoms with Crippen molar-refractivity contribution < 1.29 is 4.42 Å². The Morgan fingerprint density at radius 1 is 1.17 bits per heavy atom. The van der Waals surface area contributed by atoms with Crippen molar-refractivity contribution in [2.45, 2.75) is 26.6 Å². The van der Waals surface area contributed by atoms with E-state index in [4.69, 9.17) is 10.2 Å². The summed E-state index contributed by atoms with van der Waals surface area (Å²) < 4.78 is 5.69. The Balaban J connectivity index is 1.96. The number of nitrogens with zero attached hydrogens (tertiary/aromatic N) is 1. The van der Waals surface area contributed by atoms with Crippen LogP contribution in [0.5, 0.6) is 0 Å². The molecule has 2 rings (SSSR count). The van der Waals surface area contributed by atoms with E-state index in [9.17, 15) is 0 Å². The largest absolute Gasteiger partial charge is 0.465 e. The number of hydrogen-bond acceptors (Lipinski definition) is 3. The number of hydrogen-bond donors (Lipinski definition) is 1. The first kappa shape index (κ1) is 12.9. The highest BCUT2D eigenvalue weighted by molar-refractivity contribution is 5.20. The van der Waals surface area contributed by atoms with Crippen molar-refractivity contribution in [3.8, 4) is 0 Å². The summed E-state index contributed by atoms with van der Waals surface area (Å²) in [7, 11) is 2.09. The molecule has 0 amide bonds. The molecule has 18 heavy (non-hydrogen) atoms. The van der Waals surface area contributed by atoms with E-state index in [1.54, 1.807) is 0 Å². The van der Waals surface area contributed by atoms with E-state index >= 15 is 0 Å². The van der Waals surface area contributed by atoms with Crippen molar-refractivity contribution in [3.05, 3.63) is 59.0 Å². The lowest BCUT2D eigenvalue weighted by Gasteiger charge is -2.14. The molecule has 0 saturated carbocycles. The van der Waals surface area contributed by atoms with Crippen molar-refractivity contribution in [2.75, 3.05) is 7.05 Å². The van der Waals surface area contributed by atoms with Gasteiger partial charge in [-0.05, 0) is 25.6 Å². The van der Waals surface area contributed by atoms with E-state index in [1.807, 2.05) is 13.0 Å². The maximum absolute atomic E-state index is 5.69. The third-order valence-electron chi connectivity index (χ3n) is 3.01. The molecular weight excluding hydrogens is 224 g/mol. The predicted octanol–water partition coefficient (Wildman–Crippen LogP) is 2.68. The molecule has 0 saturated heterocycles. The second kappa shape index (κ2) is 5.85. The Labute approximate surface area is 108 Å². The van der Waals surface area contributed by atoms with Crippen LogP contribution in [0, 0.1) is 6.92 Å². The van der Waals surface area contributed by atoms with Gasteiger partial charge in [0.25, 0.3) is 0 Å². The van der Waals surface area contributed by atoms with Crippen molar-refractivity contribution >= 4 is 0 Å². The van der Waals surface area contributed by atoms with E-state index < -0.39 is 0 Å². The third kappa shape index (κ3) is 3.22. The molecule has 1 heterocycles. The van der Waals surface area contributed by atoms with Gasteiger partial charge in [-0.3, -0.25) is 4.90 Å². The average molecular weight is 244 g/mol. The second-order valence-electron chi connectivity index (χ2n) is 4.66. The maximum Gasteiger partial charge on any atom is 0.118 e. The number of nitrogens with two attached hydrogens (primary N) is 1. The van der Waals surface area contributed by atoms with Gasteiger partial charge in [-0.15, -0.1) is 0 Å². The zero-order valence-electron chi connectivity index (χ0n) is 11.0. The highest BCUT2D eigenvalue weighted by atomic mass is 16.3. The van der Waals surface area contributed by atoms with Crippen LogP contribution in [0.3, 0.4) is 0 Å². The van der Waals surface area contributed by atoms with Crippen molar-refractivity contribution in [3.63, 3.8) is 0 Å². The third-order valence-corrected chi connectivity index (χ3v) is 3.01. The summed E-state index contributed by atoms with van der Waals surface area (Å²) in [5, 5.41) is 0. The Hall–Kier alpha value is -1.58. The van der Waals surface area contributed by atoms with Crippen LogP contribution in [0.2, 0.25) is 0 Å². The van der Waals surface area contributed by atoms with Gasteiger partial charge in [0.15, 0.2) is 0 Å². The number of aryl methyl sites for hydroxylation is 1. The molecule has 3 heteroatoms. The van der Waals surface area contributed by atoms with Crippen molar-refractivity contribution in [2.24, 2.45) is 5.73 Å². The van der Waals surface area contributed by atoms with Crippen LogP contribution in [0.4, 0.5) is 0 Å². The van der Waals surface area contributed by atoms with Crippen LogP contribution >= 0.6 is 0 Å². The van der Waals surface area contributed by atoms with Crippen LogP contribution in [0.15, 0.2) is 40.8 Å². The van der Waals surface area contributed by atoms with E-state index in [0.717, 1.165) is 30.2 Å². The fourth-order valence-electron chi connectivity index (χ4n) is 2.09. The van der Waals surface area contributed by atoms with Gasteiger partial charge in [0.2, 0.25) is 0 Å². The van der Waals surface area contributed by atoms with Gasteiger partial charge < -0.3 is 10.2 Å². The molecule has 96 valence electrons. The molecule has 3 nitrogen and oxygen atoms in total. The van der Waals surface area contributed by atoms with Crippen molar-refractivity contribution in [1.29, 1.82) is 0 Å². The molecule has 1 aromatic heterocycles. The molecule has 0 fully saturated rings. The minimum Gasteiger partial charge on any atom is -0.465 e. The number of rotatable bonds is 5. The van der Waals surface area contributed by atoms with Crippen LogP contribution < -0.4 is 5.73 Å². The molecule has 0 aliphatic rings. The maximum atomic E-state index is 5.69. The zero-order valence-corrected chi connectivity index (χ0v) is 11.0. The molecule has 1 aromatic carbocycles. The molecular formula is C15H20N2O. The highest BCUT2D eigenvalue weighted by Crippen LogP contribution is 2.16. The summed E-state index contributed by atoms with van der Waals surface area (Å²) in [6.07, 6.45) is 0. The molecule has 0 aliphatic carbocycles. The molecule has 0 aliphatic heterocycles. The van der Waals surface area contributed by atoms with E-state index in [2.05, 4.69) is 42.3 Å². The Morgan fingerprint density at radius 2 is 1.89 bits per heavy atom. The first-order valence-electron chi connectivity index (χ1n) is 6.19. The second-order valence-corrected chi connectivity index (χ2v) is 4.66. The summed E-state index contributed by atoms with van der Waals surface area (Å²) in [4.78, 5) is 2.23. The molecule has 0 spiro atoms. The summed E-state index contributed by atoms with van der Waals surface area (Å²) in [5.74, 6) is 1.91. The topological polar surface area (TPSA) is 42.4 Å². The van der Waals surface area contributed by atoms with Gasteiger partial charge >= 0.3 is 0 Å². The van der Waals surface area contributed by atoms with Gasteiger partial charge in [0, 0.05) is 18.7 Å². The van der Waals surface area contributed by atoms with E-state index in [0.29, 0.717) is 6.54 Å². The minimum absolute atomic E-state index is 0.539. The lowest BCUT2D eigenvalue weighted by Crippen LogP contribution is -2.16. The molecule has 2 N–H and O–H groups in total.